The largest absolute Gasteiger partial charge is 0.309 e. The van der Waals surface area contributed by atoms with Crippen LogP contribution >= 0.6 is 0 Å². The molecule has 8 aromatic carbocycles. The number of benzene rings is 8. The molecule has 12 rings (SSSR count). The van der Waals surface area contributed by atoms with Gasteiger partial charge in [-0.3, -0.25) is 0 Å². The van der Waals surface area contributed by atoms with E-state index in [9.17, 15) is 0 Å². The maximum Gasteiger partial charge on any atom is 0.0931 e. The molecule has 0 saturated heterocycles. The minimum Gasteiger partial charge on any atom is -0.309 e. The summed E-state index contributed by atoms with van der Waals surface area (Å²) in [4.78, 5) is 0. The minimum atomic E-state index is 0.810. The van der Waals surface area contributed by atoms with Gasteiger partial charge in [0.1, 0.15) is 0 Å². The predicted molar refractivity (Wildman–Crippen MR) is 236 cm³/mol. The van der Waals surface area contributed by atoms with Gasteiger partial charge in [-0.25, -0.2) is 0 Å². The summed E-state index contributed by atoms with van der Waals surface area (Å²) in [6.07, 6.45) is 0. The monoisotopic (exact) mass is 727 g/mol. The van der Waals surface area contributed by atoms with Crippen molar-refractivity contribution in [3.8, 4) is 39.6 Å². The van der Waals surface area contributed by atoms with Gasteiger partial charge < -0.3 is 13.7 Å². The zero-order valence-corrected chi connectivity index (χ0v) is 30.8. The first-order valence-electron chi connectivity index (χ1n) is 19.3. The second kappa shape index (κ2) is 12.4. The van der Waals surface area contributed by atoms with Crippen LogP contribution in [-0.2, 0) is 0 Å². The maximum atomic E-state index is 4.90. The van der Waals surface area contributed by atoms with E-state index in [0.717, 1.165) is 61.6 Å². The van der Waals surface area contributed by atoms with Crippen LogP contribution in [0.1, 0.15) is 0 Å². The van der Waals surface area contributed by atoms with Crippen molar-refractivity contribution in [1.82, 2.24) is 23.9 Å². The lowest BCUT2D eigenvalue weighted by molar-refractivity contribution is 1.04. The van der Waals surface area contributed by atoms with Gasteiger partial charge in [-0.15, -0.1) is 10.2 Å². The van der Waals surface area contributed by atoms with Gasteiger partial charge in [0.25, 0.3) is 0 Å². The van der Waals surface area contributed by atoms with Crippen LogP contribution in [0.3, 0.4) is 0 Å². The van der Waals surface area contributed by atoms with Gasteiger partial charge in [-0.1, -0.05) is 121 Å². The number of hydrogen-bond acceptors (Lipinski definition) is 2. The quantitative estimate of drug-likeness (QED) is 0.177. The van der Waals surface area contributed by atoms with E-state index in [1.165, 1.54) is 43.4 Å². The molecule has 5 heteroatoms. The summed E-state index contributed by atoms with van der Waals surface area (Å²) >= 11 is 0. The fourth-order valence-electron chi connectivity index (χ4n) is 9.02. The highest BCUT2D eigenvalue weighted by atomic mass is 15.1. The first-order chi connectivity index (χ1) is 28.3. The van der Waals surface area contributed by atoms with Crippen molar-refractivity contribution in [2.45, 2.75) is 0 Å². The van der Waals surface area contributed by atoms with Crippen LogP contribution < -0.4 is 0 Å². The van der Waals surface area contributed by atoms with Crippen molar-refractivity contribution in [2.24, 2.45) is 0 Å². The van der Waals surface area contributed by atoms with E-state index in [2.05, 4.69) is 214 Å². The highest BCUT2D eigenvalue weighted by molar-refractivity contribution is 6.11. The third-order valence-corrected chi connectivity index (χ3v) is 11.5. The first kappa shape index (κ1) is 31.6. The number of nitrogens with zero attached hydrogens (tertiary/aromatic N) is 5. The summed E-state index contributed by atoms with van der Waals surface area (Å²) < 4.78 is 7.10. The van der Waals surface area contributed by atoms with Crippen LogP contribution in [0.5, 0.6) is 0 Å². The molecular formula is C52H33N5. The lowest BCUT2D eigenvalue weighted by Crippen LogP contribution is -2.01. The Morgan fingerprint density at radius 3 is 0.877 bits per heavy atom. The van der Waals surface area contributed by atoms with Gasteiger partial charge in [0.2, 0.25) is 0 Å². The molecule has 0 aliphatic heterocycles. The normalized spacial score (nSPS) is 11.9. The lowest BCUT2D eigenvalue weighted by Gasteiger charge is -2.15. The average molecular weight is 728 g/mol. The van der Waals surface area contributed by atoms with Crippen molar-refractivity contribution >= 4 is 65.4 Å². The second-order valence-electron chi connectivity index (χ2n) is 14.7. The smallest absolute Gasteiger partial charge is 0.0931 e. The van der Waals surface area contributed by atoms with Gasteiger partial charge in [0.15, 0.2) is 0 Å². The average Bonchev–Trinajstić information content (AvgIpc) is 3.92. The molecule has 0 atom stereocenters. The minimum absolute atomic E-state index is 0.810. The Bertz CT molecular complexity index is 3220. The molecule has 0 aliphatic carbocycles. The molecule has 0 unspecified atom stereocenters. The molecule has 0 spiro atoms. The number of hydrogen-bond donors (Lipinski definition) is 0. The van der Waals surface area contributed by atoms with Crippen LogP contribution in [0.2, 0.25) is 0 Å². The van der Waals surface area contributed by atoms with Crippen LogP contribution in [0.15, 0.2) is 200 Å². The number of aromatic nitrogens is 5. The lowest BCUT2D eigenvalue weighted by atomic mass is 10.1. The van der Waals surface area contributed by atoms with Crippen LogP contribution in [0, 0.1) is 0 Å². The van der Waals surface area contributed by atoms with E-state index in [1.54, 1.807) is 0 Å². The maximum absolute atomic E-state index is 4.90. The van der Waals surface area contributed by atoms with Crippen molar-refractivity contribution in [2.75, 3.05) is 0 Å². The highest BCUT2D eigenvalue weighted by Gasteiger charge is 2.18. The molecule has 57 heavy (non-hydrogen) atoms. The molecule has 0 amide bonds. The Hall–Kier alpha value is -7.76. The topological polar surface area (TPSA) is 40.6 Å². The summed E-state index contributed by atoms with van der Waals surface area (Å²) in [6.45, 7) is 0. The SMILES string of the molecule is c1ccc2c(c1)c1ccccc1n2-c1ccc(-c2ccc(-c3cc(-n4c5ccccc5c5ccccc54)cc(-n4c5ccccc5c5ccccc54)c3)nn2)cc1. The molecule has 0 fully saturated rings. The van der Waals surface area contributed by atoms with Crippen LogP contribution in [0.4, 0.5) is 0 Å². The highest BCUT2D eigenvalue weighted by Crippen LogP contribution is 2.38. The molecule has 4 aromatic heterocycles. The zero-order valence-electron chi connectivity index (χ0n) is 30.8. The van der Waals surface area contributed by atoms with Crippen molar-refractivity contribution in [1.29, 1.82) is 0 Å². The zero-order chi connectivity index (χ0) is 37.5. The molecule has 5 nitrogen and oxygen atoms in total. The third-order valence-electron chi connectivity index (χ3n) is 11.5. The Labute approximate surface area is 327 Å². The summed E-state index contributed by atoms with van der Waals surface area (Å²) in [6, 6.07) is 71.5. The third kappa shape index (κ3) is 4.82. The van der Waals surface area contributed by atoms with Crippen molar-refractivity contribution < 1.29 is 0 Å². The summed E-state index contributed by atoms with van der Waals surface area (Å²) in [5, 5.41) is 17.1. The molecule has 0 bridgehead atoms. The Kier molecular flexibility index (Phi) is 6.86. The van der Waals surface area contributed by atoms with E-state index in [4.69, 9.17) is 10.2 Å². The van der Waals surface area contributed by atoms with Crippen molar-refractivity contribution in [3.05, 3.63) is 200 Å². The fourth-order valence-corrected chi connectivity index (χ4v) is 9.02. The van der Waals surface area contributed by atoms with Gasteiger partial charge in [-0.05, 0) is 78.9 Å². The van der Waals surface area contributed by atoms with Crippen molar-refractivity contribution in [3.63, 3.8) is 0 Å². The Morgan fingerprint density at radius 2 is 0.544 bits per heavy atom. The molecule has 4 heterocycles. The molecular weight excluding hydrogens is 695 g/mol. The van der Waals surface area contributed by atoms with Gasteiger partial charge in [-0.2, -0.15) is 0 Å². The molecule has 266 valence electrons. The fraction of sp³-hybridized carbons (Fsp3) is 0. The summed E-state index contributed by atoms with van der Waals surface area (Å²) in [5.74, 6) is 0. The second-order valence-corrected chi connectivity index (χ2v) is 14.7. The molecule has 0 aliphatic rings. The van der Waals surface area contributed by atoms with E-state index in [0.29, 0.717) is 0 Å². The molecule has 0 saturated carbocycles. The molecule has 0 radical (unpaired) electrons. The number of rotatable bonds is 5. The van der Waals surface area contributed by atoms with Gasteiger partial charge in [0, 0.05) is 60.5 Å². The Balaban J connectivity index is 1.00. The predicted octanol–water partition coefficient (Wildman–Crippen LogP) is 13.1. The number of para-hydroxylation sites is 6. The molecule has 0 N–H and O–H groups in total. The Morgan fingerprint density at radius 1 is 0.246 bits per heavy atom. The standard InChI is InChI=1S/C52H33N5/c1-7-19-47-39(13-1)40-14-2-8-20-48(40)55(47)36-27-25-34(26-28-36)45-29-30-46(54-53-45)35-31-37(56-49-21-9-3-15-41(49)42-16-4-10-22-50(42)56)33-38(32-35)57-51-23-11-5-17-43(51)44-18-6-12-24-52(44)57/h1-33H. The van der Waals surface area contributed by atoms with E-state index in [-0.39, 0.29) is 0 Å². The van der Waals surface area contributed by atoms with Crippen LogP contribution in [0.25, 0.3) is 105 Å². The molecule has 12 aromatic rings. The first-order valence-corrected chi connectivity index (χ1v) is 19.3. The van der Waals surface area contributed by atoms with E-state index >= 15 is 0 Å². The van der Waals surface area contributed by atoms with Gasteiger partial charge >= 0.3 is 0 Å². The van der Waals surface area contributed by atoms with E-state index in [1.807, 2.05) is 0 Å². The van der Waals surface area contributed by atoms with E-state index < -0.39 is 0 Å². The van der Waals surface area contributed by atoms with Gasteiger partial charge in [0.05, 0.1) is 44.5 Å². The van der Waals surface area contributed by atoms with Crippen LogP contribution in [-0.4, -0.2) is 23.9 Å². The summed E-state index contributed by atoms with van der Waals surface area (Å²) in [5.41, 5.74) is 13.9. The summed E-state index contributed by atoms with van der Waals surface area (Å²) in [7, 11) is 0. The number of fused-ring (bicyclic) bond motifs is 9.